The Morgan fingerprint density at radius 3 is 2.25 bits per heavy atom. The van der Waals surface area contributed by atoms with Gasteiger partial charge < -0.3 is 5.21 Å². The fourth-order valence-electron chi connectivity index (χ4n) is 2.17. The molecule has 88 valence electrons. The lowest BCUT2D eigenvalue weighted by molar-refractivity contribution is -0.169. The molecule has 0 aromatic carbocycles. The average molecular weight is 221 g/mol. The molecule has 4 nitrogen and oxygen atoms in total. The van der Waals surface area contributed by atoms with Crippen LogP contribution in [-0.2, 0) is 0 Å². The Balaban J connectivity index is 2.74. The van der Waals surface area contributed by atoms with Crippen LogP contribution >= 0.6 is 0 Å². The van der Waals surface area contributed by atoms with Crippen LogP contribution in [0.25, 0.3) is 0 Å². The van der Waals surface area contributed by atoms with E-state index >= 15 is 0 Å². The number of nitrogens with zero attached hydrogens (tertiary/aromatic N) is 3. The summed E-state index contributed by atoms with van der Waals surface area (Å²) < 4.78 is 0. The van der Waals surface area contributed by atoms with Gasteiger partial charge in [0.25, 0.3) is 0 Å². The molecule has 0 saturated heterocycles. The fraction of sp³-hybridized carbons (Fsp3) is 0.833. The monoisotopic (exact) mass is 221 g/mol. The normalized spacial score (nSPS) is 20.1. The van der Waals surface area contributed by atoms with E-state index in [1.165, 1.54) is 6.42 Å². The highest BCUT2D eigenvalue weighted by Crippen LogP contribution is 2.29. The van der Waals surface area contributed by atoms with Gasteiger partial charge in [0.2, 0.25) is 0 Å². The minimum absolute atomic E-state index is 0.0334. The topological polar surface area (TPSA) is 71.0 Å². The van der Waals surface area contributed by atoms with Gasteiger partial charge in [-0.1, -0.05) is 19.3 Å². The third-order valence-electron chi connectivity index (χ3n) is 3.31. The van der Waals surface area contributed by atoms with Crippen LogP contribution in [0.4, 0.5) is 0 Å². The van der Waals surface area contributed by atoms with E-state index in [4.69, 9.17) is 10.5 Å². The van der Waals surface area contributed by atoms with Crippen LogP contribution in [0.1, 0.15) is 46.0 Å². The van der Waals surface area contributed by atoms with Crippen molar-refractivity contribution in [2.45, 2.75) is 58.0 Å². The molecular weight excluding hydrogens is 202 g/mol. The molecule has 0 amide bonds. The molecule has 0 aromatic heterocycles. The van der Waals surface area contributed by atoms with Crippen LogP contribution in [0.15, 0.2) is 0 Å². The van der Waals surface area contributed by atoms with Gasteiger partial charge >= 0.3 is 0 Å². The summed E-state index contributed by atoms with van der Waals surface area (Å²) in [4.78, 5) is 0. The zero-order valence-corrected chi connectivity index (χ0v) is 9.98. The molecular formula is C12H19N3O. The molecule has 1 saturated carbocycles. The van der Waals surface area contributed by atoms with Crippen LogP contribution in [0, 0.1) is 28.1 Å². The maximum absolute atomic E-state index is 10.1. The lowest BCUT2D eigenvalue weighted by Crippen LogP contribution is -2.47. The second kappa shape index (κ2) is 5.30. The van der Waals surface area contributed by atoms with Gasteiger partial charge in [0.05, 0.1) is 17.6 Å². The summed E-state index contributed by atoms with van der Waals surface area (Å²) in [5, 5.41) is 29.3. The van der Waals surface area contributed by atoms with Gasteiger partial charge in [-0.2, -0.15) is 15.6 Å². The van der Waals surface area contributed by atoms with Crippen molar-refractivity contribution in [1.29, 1.82) is 10.5 Å². The minimum atomic E-state index is -0.846. The molecule has 0 heterocycles. The van der Waals surface area contributed by atoms with E-state index in [0.717, 1.165) is 30.7 Å². The molecule has 1 fully saturated rings. The van der Waals surface area contributed by atoms with Crippen LogP contribution in [0.3, 0.4) is 0 Å². The Hall–Kier alpha value is -1.10. The maximum atomic E-state index is 10.1. The molecule has 0 bridgehead atoms. The number of nitriles is 2. The first-order valence-corrected chi connectivity index (χ1v) is 5.81. The summed E-state index contributed by atoms with van der Waals surface area (Å²) in [5.74, 6) is 0. The molecule has 1 aliphatic rings. The molecule has 1 atom stereocenters. The number of hydroxylamine groups is 2. The van der Waals surface area contributed by atoms with E-state index in [-0.39, 0.29) is 6.04 Å². The predicted molar refractivity (Wildman–Crippen MR) is 59.3 cm³/mol. The van der Waals surface area contributed by atoms with Crippen molar-refractivity contribution in [1.82, 2.24) is 5.06 Å². The SMILES string of the molecule is CC(C)(C#N)C(C#N)N(O)C1CCCCC1. The standard InChI is InChI=1S/C12H19N3O/c1-12(2,9-14)11(8-13)15(16)10-6-4-3-5-7-10/h10-11,16H,3-7H2,1-2H3. The fourth-order valence-corrected chi connectivity index (χ4v) is 2.17. The number of hydrogen-bond acceptors (Lipinski definition) is 4. The molecule has 0 spiro atoms. The Morgan fingerprint density at radius 2 is 1.81 bits per heavy atom. The van der Waals surface area contributed by atoms with E-state index in [2.05, 4.69) is 6.07 Å². The Labute approximate surface area is 97.0 Å². The van der Waals surface area contributed by atoms with Gasteiger partial charge in [-0.15, -0.1) is 0 Å². The highest BCUT2D eigenvalue weighted by Gasteiger charge is 2.37. The lowest BCUT2D eigenvalue weighted by Gasteiger charge is -2.36. The van der Waals surface area contributed by atoms with E-state index < -0.39 is 11.5 Å². The highest BCUT2D eigenvalue weighted by atomic mass is 16.5. The highest BCUT2D eigenvalue weighted by molar-refractivity contribution is 5.10. The first kappa shape index (κ1) is 13.0. The van der Waals surface area contributed by atoms with E-state index in [9.17, 15) is 5.21 Å². The molecule has 1 unspecified atom stereocenters. The van der Waals surface area contributed by atoms with Crippen molar-refractivity contribution in [3.8, 4) is 12.1 Å². The van der Waals surface area contributed by atoms with Crippen molar-refractivity contribution < 1.29 is 5.21 Å². The van der Waals surface area contributed by atoms with Crippen LogP contribution in [0.2, 0.25) is 0 Å². The van der Waals surface area contributed by atoms with Gasteiger partial charge in [-0.05, 0) is 26.7 Å². The maximum Gasteiger partial charge on any atom is 0.140 e. The molecule has 0 aliphatic heterocycles. The Bertz CT molecular complexity index is 307. The first-order valence-electron chi connectivity index (χ1n) is 5.81. The van der Waals surface area contributed by atoms with Gasteiger partial charge in [-0.25, -0.2) is 0 Å². The largest absolute Gasteiger partial charge is 0.312 e. The summed E-state index contributed by atoms with van der Waals surface area (Å²) in [6.45, 7) is 3.37. The third-order valence-corrected chi connectivity index (χ3v) is 3.31. The summed E-state index contributed by atoms with van der Waals surface area (Å²) in [6, 6.07) is 3.42. The molecule has 0 radical (unpaired) electrons. The average Bonchev–Trinajstić information content (AvgIpc) is 2.30. The zero-order valence-electron chi connectivity index (χ0n) is 9.98. The molecule has 1 N–H and O–H groups in total. The van der Waals surface area contributed by atoms with Crippen molar-refractivity contribution >= 4 is 0 Å². The molecule has 4 heteroatoms. The quantitative estimate of drug-likeness (QED) is 0.743. The summed E-state index contributed by atoms with van der Waals surface area (Å²) in [7, 11) is 0. The molecule has 1 aliphatic carbocycles. The third kappa shape index (κ3) is 2.72. The van der Waals surface area contributed by atoms with Crippen molar-refractivity contribution in [3.05, 3.63) is 0 Å². The lowest BCUT2D eigenvalue weighted by atomic mass is 9.84. The first-order chi connectivity index (χ1) is 7.53. The molecule has 1 rings (SSSR count). The Kier molecular flexibility index (Phi) is 4.29. The second-order valence-corrected chi connectivity index (χ2v) is 5.04. The van der Waals surface area contributed by atoms with Crippen LogP contribution < -0.4 is 0 Å². The van der Waals surface area contributed by atoms with Gasteiger partial charge in [0.1, 0.15) is 6.04 Å². The Morgan fingerprint density at radius 1 is 1.25 bits per heavy atom. The summed E-state index contributed by atoms with van der Waals surface area (Å²) in [6.07, 6.45) is 5.20. The minimum Gasteiger partial charge on any atom is -0.312 e. The van der Waals surface area contributed by atoms with Gasteiger partial charge in [-0.3, -0.25) is 0 Å². The summed E-state index contributed by atoms with van der Waals surface area (Å²) in [5.41, 5.74) is -0.846. The number of hydrogen-bond donors (Lipinski definition) is 1. The zero-order chi connectivity index (χ0) is 12.2. The van der Waals surface area contributed by atoms with Crippen LogP contribution in [-0.4, -0.2) is 22.4 Å². The van der Waals surface area contributed by atoms with E-state index in [0.29, 0.717) is 0 Å². The van der Waals surface area contributed by atoms with Crippen LogP contribution in [0.5, 0.6) is 0 Å². The predicted octanol–water partition coefficient (Wildman–Crippen LogP) is 2.45. The second-order valence-electron chi connectivity index (χ2n) is 5.04. The molecule has 0 aromatic rings. The van der Waals surface area contributed by atoms with Crippen molar-refractivity contribution in [3.63, 3.8) is 0 Å². The van der Waals surface area contributed by atoms with Gasteiger partial charge in [0.15, 0.2) is 0 Å². The van der Waals surface area contributed by atoms with Crippen molar-refractivity contribution in [2.75, 3.05) is 0 Å². The van der Waals surface area contributed by atoms with Crippen molar-refractivity contribution in [2.24, 2.45) is 5.41 Å². The van der Waals surface area contributed by atoms with E-state index in [1.54, 1.807) is 13.8 Å². The molecule has 16 heavy (non-hydrogen) atoms. The summed E-state index contributed by atoms with van der Waals surface area (Å²) >= 11 is 0. The smallest absolute Gasteiger partial charge is 0.140 e. The number of rotatable bonds is 3. The van der Waals surface area contributed by atoms with E-state index in [1.807, 2.05) is 6.07 Å². The van der Waals surface area contributed by atoms with Gasteiger partial charge in [0, 0.05) is 6.04 Å².